The zero-order valence-electron chi connectivity index (χ0n) is 16.2. The molecule has 0 saturated carbocycles. The molecule has 0 saturated heterocycles. The van der Waals surface area contributed by atoms with E-state index in [1.54, 1.807) is 37.3 Å². The first kappa shape index (κ1) is 20.3. The number of anilines is 1. The quantitative estimate of drug-likeness (QED) is 0.475. The number of aryl methyl sites for hydroxylation is 1. The molecule has 0 atom stereocenters. The van der Waals surface area contributed by atoms with Crippen LogP contribution in [0.3, 0.4) is 0 Å². The molecule has 4 aromatic rings. The van der Waals surface area contributed by atoms with Crippen LogP contribution >= 0.6 is 22.9 Å². The van der Waals surface area contributed by atoms with E-state index < -0.39 is 0 Å². The van der Waals surface area contributed by atoms with Crippen LogP contribution < -0.4 is 10.9 Å². The van der Waals surface area contributed by atoms with Gasteiger partial charge in [-0.15, -0.1) is 11.3 Å². The number of fused-ring (bicyclic) bond motifs is 1. The van der Waals surface area contributed by atoms with Crippen molar-refractivity contribution in [1.82, 2.24) is 9.55 Å². The van der Waals surface area contributed by atoms with Crippen LogP contribution in [-0.2, 0) is 11.3 Å². The number of carbonyl (C=O) groups is 1. The minimum Gasteiger partial charge on any atom is -0.324 e. The number of carbonyl (C=O) groups excluding carboxylic acids is 1. The Morgan fingerprint density at radius 2 is 1.93 bits per heavy atom. The fourth-order valence-corrected chi connectivity index (χ4v) is 4.48. The van der Waals surface area contributed by atoms with E-state index in [0.29, 0.717) is 26.5 Å². The van der Waals surface area contributed by atoms with Crippen LogP contribution in [0.15, 0.2) is 53.6 Å². The van der Waals surface area contributed by atoms with Gasteiger partial charge in [0.15, 0.2) is 0 Å². The molecule has 1 amide bonds. The van der Waals surface area contributed by atoms with Gasteiger partial charge in [-0.05, 0) is 49.2 Å². The Morgan fingerprint density at radius 3 is 2.67 bits per heavy atom. The molecule has 0 spiro atoms. The predicted octanol–water partition coefficient (Wildman–Crippen LogP) is 5.17. The minimum atomic E-state index is -0.362. The monoisotopic (exact) mass is 441 g/mol. The third-order valence-corrected chi connectivity index (χ3v) is 6.27. The van der Waals surface area contributed by atoms with Crippen molar-refractivity contribution in [2.45, 2.75) is 20.4 Å². The van der Waals surface area contributed by atoms with E-state index in [4.69, 9.17) is 11.6 Å². The van der Waals surface area contributed by atoms with Gasteiger partial charge in [0.05, 0.1) is 11.7 Å². The van der Waals surface area contributed by atoms with Crippen molar-refractivity contribution in [3.63, 3.8) is 0 Å². The van der Waals surface area contributed by atoms with E-state index in [-0.39, 0.29) is 23.8 Å². The summed E-state index contributed by atoms with van der Waals surface area (Å²) in [5.41, 5.74) is 2.47. The van der Waals surface area contributed by atoms with Crippen LogP contribution in [0.1, 0.15) is 10.4 Å². The van der Waals surface area contributed by atoms with E-state index in [0.717, 1.165) is 16.0 Å². The molecule has 5 nitrogen and oxygen atoms in total. The Kier molecular flexibility index (Phi) is 5.40. The summed E-state index contributed by atoms with van der Waals surface area (Å²) >= 11 is 7.49. The summed E-state index contributed by atoms with van der Waals surface area (Å²) in [5, 5.41) is 3.76. The summed E-state index contributed by atoms with van der Waals surface area (Å²) in [6.45, 7) is 3.51. The highest BCUT2D eigenvalue weighted by Gasteiger charge is 2.18. The normalized spacial score (nSPS) is 11.1. The van der Waals surface area contributed by atoms with E-state index in [1.165, 1.54) is 34.4 Å². The molecule has 1 N–H and O–H groups in total. The van der Waals surface area contributed by atoms with Crippen LogP contribution in [0.4, 0.5) is 10.1 Å². The summed E-state index contributed by atoms with van der Waals surface area (Å²) in [5.74, 6) is -0.710. The SMILES string of the molecule is Cc1sc2ncn(CC(=O)Nc3cccc(Cl)c3C)c(=O)c2c1-c1ccc(F)cc1. The number of benzene rings is 2. The maximum absolute atomic E-state index is 13.3. The average Bonchev–Trinajstić information content (AvgIpc) is 3.05. The maximum atomic E-state index is 13.3. The van der Waals surface area contributed by atoms with Crippen molar-refractivity contribution in [2.75, 3.05) is 5.32 Å². The molecule has 0 aliphatic carbocycles. The number of thiophene rings is 1. The van der Waals surface area contributed by atoms with Gasteiger partial charge in [-0.2, -0.15) is 0 Å². The number of amides is 1. The largest absolute Gasteiger partial charge is 0.324 e. The number of halogens is 2. The third-order valence-electron chi connectivity index (χ3n) is 4.84. The lowest BCUT2D eigenvalue weighted by Crippen LogP contribution is -2.28. The van der Waals surface area contributed by atoms with Gasteiger partial charge >= 0.3 is 0 Å². The number of nitrogens with one attached hydrogen (secondary N) is 1. The van der Waals surface area contributed by atoms with E-state index >= 15 is 0 Å². The Bertz CT molecular complexity index is 1330. The zero-order valence-corrected chi connectivity index (χ0v) is 17.8. The number of hydrogen-bond acceptors (Lipinski definition) is 4. The lowest BCUT2D eigenvalue weighted by atomic mass is 10.0. The van der Waals surface area contributed by atoms with Gasteiger partial charge in [0.2, 0.25) is 5.91 Å². The van der Waals surface area contributed by atoms with E-state index in [9.17, 15) is 14.0 Å². The fourth-order valence-electron chi connectivity index (χ4n) is 3.30. The highest BCUT2D eigenvalue weighted by molar-refractivity contribution is 7.19. The number of aromatic nitrogens is 2. The van der Waals surface area contributed by atoms with Crippen LogP contribution in [0, 0.1) is 19.7 Å². The molecule has 0 radical (unpaired) electrons. The summed E-state index contributed by atoms with van der Waals surface area (Å²) < 4.78 is 14.6. The number of rotatable bonds is 4. The summed E-state index contributed by atoms with van der Waals surface area (Å²) in [4.78, 5) is 31.6. The predicted molar refractivity (Wildman–Crippen MR) is 119 cm³/mol. The van der Waals surface area contributed by atoms with Crippen molar-refractivity contribution in [3.8, 4) is 11.1 Å². The molecule has 2 heterocycles. The molecule has 0 bridgehead atoms. The van der Waals surface area contributed by atoms with Gasteiger partial charge in [-0.1, -0.05) is 29.8 Å². The van der Waals surface area contributed by atoms with Gasteiger partial charge in [-0.25, -0.2) is 9.37 Å². The maximum Gasteiger partial charge on any atom is 0.263 e. The number of nitrogens with zero attached hydrogens (tertiary/aromatic N) is 2. The van der Waals surface area contributed by atoms with E-state index in [2.05, 4.69) is 10.3 Å². The second-order valence-electron chi connectivity index (χ2n) is 6.86. The van der Waals surface area contributed by atoms with E-state index in [1.807, 2.05) is 6.92 Å². The topological polar surface area (TPSA) is 64.0 Å². The molecule has 30 heavy (non-hydrogen) atoms. The molecule has 2 aromatic heterocycles. The highest BCUT2D eigenvalue weighted by Crippen LogP contribution is 2.35. The zero-order chi connectivity index (χ0) is 21.4. The Labute approximate surface area is 180 Å². The van der Waals surface area contributed by atoms with Crippen LogP contribution in [-0.4, -0.2) is 15.5 Å². The first-order valence-electron chi connectivity index (χ1n) is 9.14. The van der Waals surface area contributed by atoms with Crippen molar-refractivity contribution < 1.29 is 9.18 Å². The average molecular weight is 442 g/mol. The molecular weight excluding hydrogens is 425 g/mol. The van der Waals surface area contributed by atoms with Crippen LogP contribution in [0.5, 0.6) is 0 Å². The second-order valence-corrected chi connectivity index (χ2v) is 8.47. The highest BCUT2D eigenvalue weighted by atomic mass is 35.5. The van der Waals surface area contributed by atoms with Crippen LogP contribution in [0.2, 0.25) is 5.02 Å². The van der Waals surface area contributed by atoms with Gasteiger partial charge < -0.3 is 5.32 Å². The standard InChI is InChI=1S/C22H17ClFN3O2S/c1-12-16(23)4-3-5-17(12)26-18(28)10-27-11-25-21-20(22(27)29)19(13(2)30-21)14-6-8-15(24)9-7-14/h3-9,11H,10H2,1-2H3,(H,26,28). The first-order chi connectivity index (χ1) is 14.3. The molecule has 0 fully saturated rings. The molecular formula is C22H17ClFN3O2S. The Balaban J connectivity index is 1.70. The molecule has 0 aliphatic rings. The Morgan fingerprint density at radius 1 is 1.20 bits per heavy atom. The van der Waals surface area contributed by atoms with Crippen molar-refractivity contribution >= 4 is 44.7 Å². The fraction of sp³-hybridized carbons (Fsp3) is 0.136. The summed E-state index contributed by atoms with van der Waals surface area (Å²) in [6.07, 6.45) is 1.37. The summed E-state index contributed by atoms with van der Waals surface area (Å²) in [6, 6.07) is 11.2. The molecule has 8 heteroatoms. The molecule has 152 valence electrons. The van der Waals surface area contributed by atoms with Gasteiger partial charge in [0, 0.05) is 21.2 Å². The molecule has 4 rings (SSSR count). The molecule has 2 aromatic carbocycles. The van der Waals surface area contributed by atoms with Crippen LogP contribution in [0.25, 0.3) is 21.3 Å². The van der Waals surface area contributed by atoms with Gasteiger partial charge in [0.25, 0.3) is 5.56 Å². The third kappa shape index (κ3) is 3.74. The molecule has 0 aliphatic heterocycles. The Hall–Kier alpha value is -3.03. The smallest absolute Gasteiger partial charge is 0.263 e. The first-order valence-corrected chi connectivity index (χ1v) is 10.3. The minimum absolute atomic E-state index is 0.189. The number of hydrogen-bond donors (Lipinski definition) is 1. The van der Waals surface area contributed by atoms with Crippen molar-refractivity contribution in [3.05, 3.63) is 80.4 Å². The van der Waals surface area contributed by atoms with Crippen molar-refractivity contribution in [1.29, 1.82) is 0 Å². The lowest BCUT2D eigenvalue weighted by Gasteiger charge is -2.10. The van der Waals surface area contributed by atoms with Crippen molar-refractivity contribution in [2.24, 2.45) is 0 Å². The lowest BCUT2D eigenvalue weighted by molar-refractivity contribution is -0.116. The van der Waals surface area contributed by atoms with Gasteiger partial charge in [0.1, 0.15) is 17.2 Å². The van der Waals surface area contributed by atoms with Gasteiger partial charge in [-0.3, -0.25) is 14.2 Å². The molecule has 0 unspecified atom stereocenters. The second kappa shape index (κ2) is 8.01. The summed E-state index contributed by atoms with van der Waals surface area (Å²) in [7, 11) is 0.